The zero-order valence-corrected chi connectivity index (χ0v) is 23.5. The lowest BCUT2D eigenvalue weighted by Crippen LogP contribution is -2.51. The number of Topliss-reactive ketones (excluding diaryl/α,β-unsaturated/α-hetero) is 2. The number of nitrogens with two attached hydrogens (primary N) is 1. The molecule has 1 unspecified atom stereocenters. The number of allylic oxidation sites excluding steroid dienone is 1. The Kier molecular flexibility index (Phi) is 7.24. The number of ketones is 2. The molecule has 4 aliphatic rings. The summed E-state index contributed by atoms with van der Waals surface area (Å²) in [6.07, 6.45) is 6.59. The van der Waals surface area contributed by atoms with E-state index >= 15 is 0 Å². The first-order chi connectivity index (χ1) is 19.0. The maximum Gasteiger partial charge on any atom is 0.229 e. The first-order valence-electron chi connectivity index (χ1n) is 14.0. The molecule has 11 heteroatoms. The van der Waals surface area contributed by atoms with Crippen molar-refractivity contribution in [2.75, 3.05) is 33.1 Å². The number of aliphatic hydroxyl groups is 1. The van der Waals surface area contributed by atoms with Crippen molar-refractivity contribution < 1.29 is 19.5 Å². The number of aryl methyl sites for hydroxylation is 1. The van der Waals surface area contributed by atoms with Gasteiger partial charge in [-0.25, -0.2) is 0 Å². The highest BCUT2D eigenvalue weighted by Gasteiger charge is 2.68. The minimum absolute atomic E-state index is 0.0489. The standard InChI is InChI=1S/C29H37N5O6/c1-33(2)19-13-15(10-9-14-7-5-6-8-14)23(31-39)21-17(19)11-16-12-18-24(34(3)4)22(28(30)37)27(36)29(18,38)26(32-40)20(16)25(21)35/h13-14,16,18,22,24,38H,5-12H2,1-4H3,(H2,30,37)/t16-,18-,22?,24-,29-/m0/s1. The van der Waals surface area contributed by atoms with E-state index in [0.29, 0.717) is 23.5 Å². The van der Waals surface area contributed by atoms with Crippen LogP contribution in [0.2, 0.25) is 0 Å². The van der Waals surface area contributed by atoms with Gasteiger partial charge in [0, 0.05) is 37.3 Å². The van der Waals surface area contributed by atoms with Crippen LogP contribution in [0, 0.1) is 33.5 Å². The fourth-order valence-electron chi connectivity index (χ4n) is 7.97. The first-order valence-corrected chi connectivity index (χ1v) is 14.0. The molecule has 3 N–H and O–H groups in total. The second kappa shape index (κ2) is 10.3. The molecule has 4 aliphatic carbocycles. The van der Waals surface area contributed by atoms with Gasteiger partial charge in [-0.2, -0.15) is 0 Å². The maximum absolute atomic E-state index is 14.3. The maximum atomic E-state index is 14.3. The van der Waals surface area contributed by atoms with Gasteiger partial charge >= 0.3 is 0 Å². The quantitative estimate of drug-likeness (QED) is 0.368. The molecule has 40 heavy (non-hydrogen) atoms. The monoisotopic (exact) mass is 551 g/mol. The lowest BCUT2D eigenvalue weighted by Gasteiger charge is -2.43. The molecule has 11 nitrogen and oxygen atoms in total. The molecule has 0 bridgehead atoms. The molecule has 0 heterocycles. The van der Waals surface area contributed by atoms with Crippen molar-refractivity contribution in [2.24, 2.45) is 39.8 Å². The van der Waals surface area contributed by atoms with Gasteiger partial charge in [-0.3, -0.25) is 14.4 Å². The van der Waals surface area contributed by atoms with Gasteiger partial charge in [0.25, 0.3) is 0 Å². The van der Waals surface area contributed by atoms with E-state index in [4.69, 9.17) is 5.73 Å². The Balaban J connectivity index is 1.68. The number of hydrogen-bond donors (Lipinski definition) is 2. The van der Waals surface area contributed by atoms with E-state index in [1.807, 2.05) is 25.1 Å². The van der Waals surface area contributed by atoms with Crippen molar-refractivity contribution in [1.29, 1.82) is 0 Å². The second-order valence-corrected chi connectivity index (χ2v) is 12.3. The number of fused-ring (bicyclic) bond motifs is 3. The van der Waals surface area contributed by atoms with Crippen molar-refractivity contribution in [3.8, 4) is 0 Å². The molecule has 0 radical (unpaired) electrons. The Bertz CT molecular complexity index is 1330. The molecule has 2 fully saturated rings. The number of carbonyl (C=O) groups excluding carboxylic acids is 3. The number of rotatable bonds is 8. The number of amides is 1. The Morgan fingerprint density at radius 2 is 1.80 bits per heavy atom. The molecule has 1 aromatic rings. The normalized spacial score (nSPS) is 29.9. The van der Waals surface area contributed by atoms with Crippen molar-refractivity contribution in [3.63, 3.8) is 0 Å². The van der Waals surface area contributed by atoms with E-state index in [2.05, 4.69) is 10.4 Å². The molecule has 0 aliphatic heterocycles. The van der Waals surface area contributed by atoms with Crippen molar-refractivity contribution in [3.05, 3.63) is 43.8 Å². The largest absolute Gasteiger partial charge is 0.377 e. The van der Waals surface area contributed by atoms with Gasteiger partial charge in [-0.05, 0) is 79.2 Å². The second-order valence-electron chi connectivity index (χ2n) is 12.3. The fraction of sp³-hybridized carbons (Fsp3) is 0.621. The molecule has 0 aromatic heterocycles. The summed E-state index contributed by atoms with van der Waals surface area (Å²) in [6.45, 7) is 0. The van der Waals surface area contributed by atoms with E-state index in [1.54, 1.807) is 19.0 Å². The lowest BCUT2D eigenvalue weighted by molar-refractivity contribution is -0.140. The predicted molar refractivity (Wildman–Crippen MR) is 149 cm³/mol. The Morgan fingerprint density at radius 1 is 1.12 bits per heavy atom. The number of hydrogen-bond acceptors (Lipinski definition) is 10. The van der Waals surface area contributed by atoms with E-state index in [0.717, 1.165) is 24.9 Å². The molecule has 0 spiro atoms. The first kappa shape index (κ1) is 28.2. The van der Waals surface area contributed by atoms with Crippen LogP contribution in [0.4, 0.5) is 11.4 Å². The smallest absolute Gasteiger partial charge is 0.229 e. The van der Waals surface area contributed by atoms with Gasteiger partial charge in [-0.15, -0.1) is 9.81 Å². The average Bonchev–Trinajstić information content (AvgIpc) is 3.50. The Labute approximate surface area is 233 Å². The van der Waals surface area contributed by atoms with Crippen LogP contribution in [0.1, 0.15) is 60.0 Å². The van der Waals surface area contributed by atoms with E-state index in [9.17, 15) is 29.3 Å². The summed E-state index contributed by atoms with van der Waals surface area (Å²) in [5.74, 6) is -4.68. The van der Waals surface area contributed by atoms with Gasteiger partial charge in [-0.1, -0.05) is 25.7 Å². The predicted octanol–water partition coefficient (Wildman–Crippen LogP) is 3.01. The highest BCUT2D eigenvalue weighted by Crippen LogP contribution is 2.56. The summed E-state index contributed by atoms with van der Waals surface area (Å²) in [4.78, 5) is 68.4. The third-order valence-electron chi connectivity index (χ3n) is 9.76. The topological polar surface area (TPSA) is 163 Å². The van der Waals surface area contributed by atoms with Gasteiger partial charge in [0.15, 0.2) is 17.2 Å². The van der Waals surface area contributed by atoms with Crippen LogP contribution in [0.15, 0.2) is 27.7 Å². The van der Waals surface area contributed by atoms with Gasteiger partial charge in [0.1, 0.15) is 17.3 Å². The number of nitroso groups, excluding NO2 is 2. The zero-order chi connectivity index (χ0) is 29.1. The zero-order valence-electron chi connectivity index (χ0n) is 23.5. The Morgan fingerprint density at radius 3 is 2.35 bits per heavy atom. The molecule has 5 atom stereocenters. The molecule has 5 rings (SSSR count). The average molecular weight is 552 g/mol. The summed E-state index contributed by atoms with van der Waals surface area (Å²) in [6, 6.07) is 1.17. The number of primary amides is 1. The molecule has 1 amide bonds. The van der Waals surface area contributed by atoms with Crippen molar-refractivity contribution in [1.82, 2.24) is 4.90 Å². The Hall–Kier alpha value is -3.31. The van der Waals surface area contributed by atoms with E-state index in [-0.39, 0.29) is 29.7 Å². The number of benzene rings is 1. The van der Waals surface area contributed by atoms with Gasteiger partial charge < -0.3 is 20.6 Å². The fourth-order valence-corrected chi connectivity index (χ4v) is 7.97. The third-order valence-corrected chi connectivity index (χ3v) is 9.76. The summed E-state index contributed by atoms with van der Waals surface area (Å²) < 4.78 is 0. The molecular weight excluding hydrogens is 514 g/mol. The third kappa shape index (κ3) is 4.04. The van der Waals surface area contributed by atoms with Crippen LogP contribution in [0.5, 0.6) is 0 Å². The van der Waals surface area contributed by atoms with Gasteiger partial charge in [0.05, 0.1) is 5.56 Å². The number of carbonyl (C=O) groups is 3. The van der Waals surface area contributed by atoms with Crippen LogP contribution in [0.25, 0.3) is 0 Å². The van der Waals surface area contributed by atoms with Crippen LogP contribution in [0.3, 0.4) is 0 Å². The van der Waals surface area contributed by atoms with Crippen molar-refractivity contribution in [2.45, 2.75) is 63.0 Å². The molecule has 1 aromatic carbocycles. The highest BCUT2D eigenvalue weighted by molar-refractivity contribution is 6.18. The number of nitrogens with zero attached hydrogens (tertiary/aromatic N) is 4. The van der Waals surface area contributed by atoms with E-state index in [1.165, 1.54) is 12.8 Å². The minimum atomic E-state index is -2.44. The van der Waals surface area contributed by atoms with Crippen LogP contribution in [-0.2, 0) is 22.4 Å². The lowest BCUT2D eigenvalue weighted by atomic mass is 9.64. The van der Waals surface area contributed by atoms with E-state index < -0.39 is 52.6 Å². The molecule has 0 saturated heterocycles. The molecule has 214 valence electrons. The molecular formula is C29H37N5O6. The highest BCUT2D eigenvalue weighted by atomic mass is 16.3. The summed E-state index contributed by atoms with van der Waals surface area (Å²) in [7, 11) is 7.09. The van der Waals surface area contributed by atoms with Crippen LogP contribution >= 0.6 is 0 Å². The van der Waals surface area contributed by atoms with Gasteiger partial charge in [0.2, 0.25) is 5.91 Å². The SMILES string of the molecule is CN(C)c1cc(CCC2CCCC2)c(N=O)c2c1C[C@H]1C[C@H]3[C@H](N(C)C)C(C(N)=O)C(=O)[C@@]3(O)C(N=O)=C1C2=O. The minimum Gasteiger partial charge on any atom is -0.377 e. The van der Waals surface area contributed by atoms with Crippen molar-refractivity contribution >= 4 is 28.8 Å². The van der Waals surface area contributed by atoms with Crippen LogP contribution < -0.4 is 10.6 Å². The molecule has 2 saturated carbocycles. The summed E-state index contributed by atoms with van der Waals surface area (Å²) in [5.41, 5.74) is 4.80. The summed E-state index contributed by atoms with van der Waals surface area (Å²) >= 11 is 0. The number of anilines is 1. The summed E-state index contributed by atoms with van der Waals surface area (Å²) in [5, 5.41) is 18.2. The van der Waals surface area contributed by atoms with Crippen LogP contribution in [-0.4, -0.2) is 67.3 Å².